The second kappa shape index (κ2) is 8.23. The highest BCUT2D eigenvalue weighted by Crippen LogP contribution is 2.51. The predicted octanol–water partition coefficient (Wildman–Crippen LogP) is 6.52. The smallest absolute Gasteiger partial charge is 0.311 e. The fraction of sp³-hybridized carbons (Fsp3) is 0.111. The minimum atomic E-state index is -3.80. The molecule has 0 saturated heterocycles. The number of halogens is 4. The van der Waals surface area contributed by atoms with Crippen molar-refractivity contribution < 1.29 is 27.2 Å². The molecule has 5 rings (SSSR count). The van der Waals surface area contributed by atoms with E-state index in [9.17, 15) is 22.8 Å². The van der Waals surface area contributed by atoms with E-state index in [-0.39, 0.29) is 28.1 Å². The molecule has 4 aromatic rings. The fourth-order valence-electron chi connectivity index (χ4n) is 4.37. The van der Waals surface area contributed by atoms with Gasteiger partial charge < -0.3 is 9.88 Å². The highest BCUT2D eigenvalue weighted by molar-refractivity contribution is 6.10. The first-order chi connectivity index (χ1) is 16.7. The Labute approximate surface area is 197 Å². The first-order valence-corrected chi connectivity index (χ1v) is 10.7. The van der Waals surface area contributed by atoms with Gasteiger partial charge in [0.2, 0.25) is 6.17 Å². The number of anilines is 1. The minimum absolute atomic E-state index is 0.0876. The lowest BCUT2D eigenvalue weighted by Gasteiger charge is -2.31. The number of benzene rings is 3. The average molecular weight is 478 g/mol. The van der Waals surface area contributed by atoms with Crippen LogP contribution in [0, 0.1) is 12.7 Å². The Morgan fingerprint density at radius 2 is 1.57 bits per heavy atom. The number of alkyl halides is 3. The summed E-state index contributed by atoms with van der Waals surface area (Å²) in [6.07, 6.45) is -2.72. The Morgan fingerprint density at radius 1 is 0.914 bits per heavy atom. The molecule has 3 aromatic carbocycles. The Bertz CT molecular complexity index is 1480. The third kappa shape index (κ3) is 3.62. The number of carbonyl (C=O) groups excluding carboxylic acids is 2. The number of hydrogen-bond acceptors (Lipinski definition) is 2. The molecule has 1 aliphatic heterocycles. The van der Waals surface area contributed by atoms with Gasteiger partial charge >= 0.3 is 5.92 Å². The number of nitrogens with one attached hydrogen (secondary N) is 1. The maximum absolute atomic E-state index is 15.1. The summed E-state index contributed by atoms with van der Waals surface area (Å²) in [5.41, 5.74) is -0.154. The monoisotopic (exact) mass is 478 g/mol. The third-order valence-electron chi connectivity index (χ3n) is 6.05. The Balaban J connectivity index is 1.45. The normalized spacial score (nSPS) is 15.7. The summed E-state index contributed by atoms with van der Waals surface area (Å²) >= 11 is 0. The summed E-state index contributed by atoms with van der Waals surface area (Å²) in [7, 11) is 0. The van der Waals surface area contributed by atoms with Gasteiger partial charge in [-0.05, 0) is 55.5 Å². The molecule has 0 aliphatic carbocycles. The fourth-order valence-corrected chi connectivity index (χ4v) is 4.37. The zero-order chi connectivity index (χ0) is 24.9. The molecule has 0 bridgehead atoms. The minimum Gasteiger partial charge on any atom is -0.322 e. The van der Waals surface area contributed by atoms with E-state index in [4.69, 9.17) is 0 Å². The van der Waals surface area contributed by atoms with Gasteiger partial charge in [-0.1, -0.05) is 30.3 Å². The van der Waals surface area contributed by atoms with Crippen molar-refractivity contribution in [3.05, 3.63) is 118 Å². The van der Waals surface area contributed by atoms with Crippen LogP contribution in [0.5, 0.6) is 0 Å². The summed E-state index contributed by atoms with van der Waals surface area (Å²) in [6, 6.07) is 18.2. The summed E-state index contributed by atoms with van der Waals surface area (Å²) in [6.45, 7) is 1.61. The van der Waals surface area contributed by atoms with Crippen molar-refractivity contribution >= 4 is 17.4 Å². The zero-order valence-electron chi connectivity index (χ0n) is 18.4. The number of fused-ring (bicyclic) bond motifs is 3. The van der Waals surface area contributed by atoms with Crippen LogP contribution in [0.4, 0.5) is 23.2 Å². The number of carbonyl (C=O) groups is 2. The molecule has 0 spiro atoms. The van der Waals surface area contributed by atoms with Crippen LogP contribution in [0.3, 0.4) is 0 Å². The van der Waals surface area contributed by atoms with Crippen LogP contribution in [0.25, 0.3) is 5.69 Å². The van der Waals surface area contributed by atoms with Crippen molar-refractivity contribution in [3.63, 3.8) is 0 Å². The molecule has 1 unspecified atom stereocenters. The molecule has 1 aliphatic rings. The van der Waals surface area contributed by atoms with Gasteiger partial charge in [0.15, 0.2) is 5.78 Å². The highest BCUT2D eigenvalue weighted by Gasteiger charge is 2.51. The molecule has 1 atom stereocenters. The summed E-state index contributed by atoms with van der Waals surface area (Å²) < 4.78 is 60.1. The molecular formula is C27H18F4N2O2. The third-order valence-corrected chi connectivity index (χ3v) is 6.05. The van der Waals surface area contributed by atoms with Crippen molar-refractivity contribution in [2.75, 3.05) is 5.32 Å². The van der Waals surface area contributed by atoms with Gasteiger partial charge in [-0.2, -0.15) is 8.78 Å². The maximum atomic E-state index is 15.1. The van der Waals surface area contributed by atoms with Crippen molar-refractivity contribution in [1.29, 1.82) is 0 Å². The number of rotatable bonds is 4. The summed E-state index contributed by atoms with van der Waals surface area (Å²) in [5.74, 6) is -5.75. The van der Waals surface area contributed by atoms with Gasteiger partial charge in [0.1, 0.15) is 5.82 Å². The molecule has 35 heavy (non-hydrogen) atoms. The molecule has 8 heteroatoms. The standard InChI is InChI=1S/C27H18F4N2O2/c1-15-14-19(23-25(29)27(30,31)20-7-3-5-9-22(20)33(15)23)26(35)32-17-12-10-16(11-13-17)24(34)18-6-2-4-8-21(18)28/h2-14,25H,1H3,(H,32,35). The Kier molecular flexibility index (Phi) is 5.31. The van der Waals surface area contributed by atoms with Crippen LogP contribution in [-0.2, 0) is 5.92 Å². The summed E-state index contributed by atoms with van der Waals surface area (Å²) in [5, 5.41) is 2.56. The van der Waals surface area contributed by atoms with Gasteiger partial charge in [0.25, 0.3) is 5.91 Å². The number of para-hydroxylation sites is 1. The molecule has 0 saturated carbocycles. The van der Waals surface area contributed by atoms with Crippen LogP contribution in [-0.4, -0.2) is 16.3 Å². The van der Waals surface area contributed by atoms with Crippen molar-refractivity contribution in [1.82, 2.24) is 4.57 Å². The molecule has 1 aromatic heterocycles. The molecule has 1 N–H and O–H groups in total. The van der Waals surface area contributed by atoms with Crippen LogP contribution >= 0.6 is 0 Å². The van der Waals surface area contributed by atoms with E-state index < -0.39 is 40.9 Å². The van der Waals surface area contributed by atoms with Crippen LogP contribution in [0.15, 0.2) is 78.9 Å². The van der Waals surface area contributed by atoms with Crippen molar-refractivity contribution in [2.45, 2.75) is 19.0 Å². The number of aryl methyl sites for hydroxylation is 1. The van der Waals surface area contributed by atoms with Crippen LogP contribution < -0.4 is 5.32 Å². The van der Waals surface area contributed by atoms with Gasteiger partial charge in [-0.15, -0.1) is 0 Å². The first kappa shape index (κ1) is 22.6. The topological polar surface area (TPSA) is 51.1 Å². The van der Waals surface area contributed by atoms with E-state index in [1.54, 1.807) is 19.1 Å². The van der Waals surface area contributed by atoms with E-state index >= 15 is 4.39 Å². The van der Waals surface area contributed by atoms with Crippen molar-refractivity contribution in [2.24, 2.45) is 0 Å². The predicted molar refractivity (Wildman–Crippen MR) is 122 cm³/mol. The molecule has 4 nitrogen and oxygen atoms in total. The Morgan fingerprint density at radius 3 is 2.29 bits per heavy atom. The quantitative estimate of drug-likeness (QED) is 0.268. The second-order valence-electron chi connectivity index (χ2n) is 8.26. The van der Waals surface area contributed by atoms with Crippen molar-refractivity contribution in [3.8, 4) is 5.69 Å². The second-order valence-corrected chi connectivity index (χ2v) is 8.26. The highest BCUT2D eigenvalue weighted by atomic mass is 19.3. The van der Waals surface area contributed by atoms with E-state index in [2.05, 4.69) is 5.32 Å². The number of ketones is 1. The largest absolute Gasteiger partial charge is 0.322 e. The van der Waals surface area contributed by atoms with Gasteiger partial charge in [0, 0.05) is 22.5 Å². The SMILES string of the molecule is Cc1cc(C(=O)Nc2ccc(C(=O)c3ccccc3F)cc2)c2n1-c1ccccc1C(F)(F)C2F. The molecule has 2 heterocycles. The number of nitrogens with zero attached hydrogens (tertiary/aromatic N) is 1. The van der Waals surface area contributed by atoms with E-state index in [1.165, 1.54) is 71.3 Å². The lowest BCUT2D eigenvalue weighted by Crippen LogP contribution is -2.31. The van der Waals surface area contributed by atoms with Gasteiger partial charge in [-0.3, -0.25) is 9.59 Å². The van der Waals surface area contributed by atoms with Gasteiger partial charge in [-0.25, -0.2) is 8.78 Å². The number of hydrogen-bond donors (Lipinski definition) is 1. The summed E-state index contributed by atoms with van der Waals surface area (Å²) in [4.78, 5) is 25.5. The van der Waals surface area contributed by atoms with E-state index in [0.717, 1.165) is 0 Å². The van der Waals surface area contributed by atoms with E-state index in [0.29, 0.717) is 5.69 Å². The Hall–Kier alpha value is -4.20. The van der Waals surface area contributed by atoms with E-state index in [1.807, 2.05) is 0 Å². The lowest BCUT2D eigenvalue weighted by atomic mass is 9.94. The van der Waals surface area contributed by atoms with Crippen LogP contribution in [0.2, 0.25) is 0 Å². The molecule has 176 valence electrons. The molecule has 1 amide bonds. The van der Waals surface area contributed by atoms with Crippen LogP contribution in [0.1, 0.15) is 49.4 Å². The molecule has 0 fully saturated rings. The molecular weight excluding hydrogens is 460 g/mol. The zero-order valence-corrected chi connectivity index (χ0v) is 18.4. The average Bonchev–Trinajstić information content (AvgIpc) is 3.20. The number of amides is 1. The lowest BCUT2D eigenvalue weighted by molar-refractivity contribution is -0.0871. The number of aromatic nitrogens is 1. The van der Waals surface area contributed by atoms with Gasteiger partial charge in [0.05, 0.1) is 22.5 Å². The molecule has 0 radical (unpaired) electrons. The maximum Gasteiger partial charge on any atom is 0.311 e. The first-order valence-electron chi connectivity index (χ1n) is 10.7.